The monoisotopic (exact) mass is 534 g/mol. The van der Waals surface area contributed by atoms with Gasteiger partial charge in [-0.2, -0.15) is 11.3 Å². The third-order valence-electron chi connectivity index (χ3n) is 6.14. The largest absolute Gasteiger partial charge is 0.494 e. The summed E-state index contributed by atoms with van der Waals surface area (Å²) in [7, 11) is -3.87. The number of ether oxygens (including phenoxy) is 1. The Bertz CT molecular complexity index is 1290. The molecule has 2 amide bonds. The van der Waals surface area contributed by atoms with E-state index in [2.05, 4.69) is 0 Å². The van der Waals surface area contributed by atoms with Gasteiger partial charge in [-0.15, -0.1) is 11.3 Å². The summed E-state index contributed by atoms with van der Waals surface area (Å²) in [6.45, 7) is 2.67. The molecule has 0 radical (unpaired) electrons. The summed E-state index contributed by atoms with van der Waals surface area (Å²) in [5.74, 6) is -0.559. The predicted octanol–water partition coefficient (Wildman–Crippen LogP) is 3.93. The van der Waals surface area contributed by atoms with Crippen molar-refractivity contribution in [2.75, 3.05) is 25.4 Å². The van der Waals surface area contributed by atoms with Gasteiger partial charge in [0.05, 0.1) is 24.3 Å². The fourth-order valence-electron chi connectivity index (χ4n) is 4.26. The average molecular weight is 535 g/mol. The molecule has 1 aliphatic heterocycles. The maximum atomic E-state index is 13.7. The molecule has 0 aliphatic carbocycles. The minimum atomic E-state index is -3.87. The lowest BCUT2D eigenvalue weighted by Crippen LogP contribution is -2.41. The number of carbonyl (C=O) groups is 2. The van der Waals surface area contributed by atoms with Crippen molar-refractivity contribution in [3.63, 3.8) is 0 Å². The highest BCUT2D eigenvalue weighted by Crippen LogP contribution is 2.45. The third kappa shape index (κ3) is 5.13. The predicted molar refractivity (Wildman–Crippen MR) is 136 cm³/mol. The minimum Gasteiger partial charge on any atom is -0.494 e. The summed E-state index contributed by atoms with van der Waals surface area (Å²) in [6, 6.07) is 12.8. The molecule has 1 unspecified atom stereocenters. The first-order chi connectivity index (χ1) is 16.8. The van der Waals surface area contributed by atoms with Gasteiger partial charge in [-0.1, -0.05) is 0 Å². The molecule has 0 saturated carbocycles. The van der Waals surface area contributed by atoms with Gasteiger partial charge in [-0.05, 0) is 66.8 Å². The molecule has 1 aromatic carbocycles. The van der Waals surface area contributed by atoms with Crippen molar-refractivity contribution in [1.82, 2.24) is 10.4 Å². The molecule has 0 bridgehead atoms. The van der Waals surface area contributed by atoms with Gasteiger partial charge < -0.3 is 9.64 Å². The SMILES string of the molecule is CCOc1ccc(-c2ccc(C3(CC(=O)NO)CCN(C(=O)c4ccsc4)CCS3(=O)=O)s2)cc1. The topological polar surface area (TPSA) is 113 Å². The first-order valence-electron chi connectivity index (χ1n) is 11.1. The van der Waals surface area contributed by atoms with Crippen molar-refractivity contribution in [3.05, 3.63) is 63.7 Å². The molecule has 1 fully saturated rings. The van der Waals surface area contributed by atoms with Crippen LogP contribution >= 0.6 is 22.7 Å². The van der Waals surface area contributed by atoms with Crippen LogP contribution in [0.5, 0.6) is 5.75 Å². The summed E-state index contributed by atoms with van der Waals surface area (Å²) < 4.78 is 31.3. The highest BCUT2D eigenvalue weighted by molar-refractivity contribution is 7.92. The molecular formula is C24H26N2O6S3. The first kappa shape index (κ1) is 25.4. The lowest BCUT2D eigenvalue weighted by atomic mass is 9.97. The van der Waals surface area contributed by atoms with E-state index < -0.39 is 26.9 Å². The number of sulfone groups is 1. The molecule has 186 valence electrons. The Hall–Kier alpha value is -2.73. The number of carbonyl (C=O) groups excluding carboxylic acids is 2. The normalized spacial score (nSPS) is 19.7. The Morgan fingerprint density at radius 1 is 1.14 bits per heavy atom. The van der Waals surface area contributed by atoms with Crippen molar-refractivity contribution >= 4 is 44.3 Å². The van der Waals surface area contributed by atoms with Gasteiger partial charge >= 0.3 is 0 Å². The second kappa shape index (κ2) is 10.5. The summed E-state index contributed by atoms with van der Waals surface area (Å²) in [5, 5.41) is 12.7. The fourth-order valence-corrected chi connectivity index (χ4v) is 8.50. The van der Waals surface area contributed by atoms with E-state index in [1.165, 1.54) is 27.6 Å². The van der Waals surface area contributed by atoms with E-state index in [9.17, 15) is 23.2 Å². The maximum Gasteiger partial charge on any atom is 0.254 e. The van der Waals surface area contributed by atoms with Crippen LogP contribution < -0.4 is 10.2 Å². The molecule has 2 N–H and O–H groups in total. The minimum absolute atomic E-state index is 0.0383. The third-order valence-corrected chi connectivity index (χ3v) is 10.8. The molecule has 1 aliphatic rings. The molecule has 11 heteroatoms. The van der Waals surface area contributed by atoms with E-state index in [1.807, 2.05) is 37.3 Å². The van der Waals surface area contributed by atoms with E-state index in [4.69, 9.17) is 4.74 Å². The van der Waals surface area contributed by atoms with E-state index in [1.54, 1.807) is 28.4 Å². The Balaban J connectivity index is 1.70. The molecule has 2 aromatic heterocycles. The zero-order valence-electron chi connectivity index (χ0n) is 19.1. The molecule has 1 atom stereocenters. The zero-order chi connectivity index (χ0) is 25.1. The lowest BCUT2D eigenvalue weighted by Gasteiger charge is -2.30. The Morgan fingerprint density at radius 2 is 1.91 bits per heavy atom. The first-order valence-corrected chi connectivity index (χ1v) is 14.5. The van der Waals surface area contributed by atoms with Crippen LogP contribution in [0.4, 0.5) is 0 Å². The van der Waals surface area contributed by atoms with E-state index >= 15 is 0 Å². The van der Waals surface area contributed by atoms with Crippen molar-refractivity contribution in [2.45, 2.75) is 24.5 Å². The summed E-state index contributed by atoms with van der Waals surface area (Å²) in [4.78, 5) is 28.1. The molecule has 0 spiro atoms. The number of nitrogens with zero attached hydrogens (tertiary/aromatic N) is 1. The van der Waals surface area contributed by atoms with Crippen LogP contribution in [-0.2, 0) is 19.4 Å². The fraction of sp³-hybridized carbons (Fsp3) is 0.333. The van der Waals surface area contributed by atoms with Gasteiger partial charge in [0.1, 0.15) is 10.5 Å². The number of nitrogens with one attached hydrogen (secondary N) is 1. The molecule has 1 saturated heterocycles. The Labute approximate surface area is 212 Å². The quantitative estimate of drug-likeness (QED) is 0.351. The number of amides is 2. The van der Waals surface area contributed by atoms with Gasteiger partial charge in [0.25, 0.3) is 5.91 Å². The van der Waals surface area contributed by atoms with E-state index in [0.717, 1.165) is 16.2 Å². The van der Waals surface area contributed by atoms with Crippen LogP contribution in [0.25, 0.3) is 10.4 Å². The number of hydrogen-bond donors (Lipinski definition) is 2. The van der Waals surface area contributed by atoms with Crippen LogP contribution in [0.2, 0.25) is 0 Å². The van der Waals surface area contributed by atoms with Crippen molar-refractivity contribution < 1.29 is 28.0 Å². The van der Waals surface area contributed by atoms with Gasteiger partial charge in [0, 0.05) is 28.2 Å². The maximum absolute atomic E-state index is 13.7. The molecule has 35 heavy (non-hydrogen) atoms. The van der Waals surface area contributed by atoms with Crippen LogP contribution in [0.15, 0.2) is 53.2 Å². The molecule has 8 nitrogen and oxygen atoms in total. The van der Waals surface area contributed by atoms with Gasteiger partial charge in [-0.3, -0.25) is 14.8 Å². The van der Waals surface area contributed by atoms with E-state index in [-0.39, 0.29) is 31.2 Å². The lowest BCUT2D eigenvalue weighted by molar-refractivity contribution is -0.129. The second-order valence-electron chi connectivity index (χ2n) is 8.20. The summed E-state index contributed by atoms with van der Waals surface area (Å²) in [5.41, 5.74) is 3.00. The number of benzene rings is 1. The Morgan fingerprint density at radius 3 is 2.57 bits per heavy atom. The van der Waals surface area contributed by atoms with Crippen molar-refractivity contribution in [3.8, 4) is 16.2 Å². The smallest absolute Gasteiger partial charge is 0.254 e. The standard InChI is InChI=1S/C24H26N2O6S3/c1-2-32-19-5-3-17(4-6-19)20-7-8-21(34-20)24(15-22(27)25-29)10-11-26(12-14-35(24,30)31)23(28)18-9-13-33-16-18/h3-9,13,16,29H,2,10-12,14-15H2,1H3,(H,25,27). The highest BCUT2D eigenvalue weighted by Gasteiger charge is 2.49. The number of hydroxylamine groups is 1. The molecule has 4 rings (SSSR count). The average Bonchev–Trinajstić information content (AvgIpc) is 3.54. The van der Waals surface area contributed by atoms with Gasteiger partial charge in [0.2, 0.25) is 5.91 Å². The van der Waals surface area contributed by atoms with Crippen molar-refractivity contribution in [1.29, 1.82) is 0 Å². The van der Waals surface area contributed by atoms with Gasteiger partial charge in [-0.25, -0.2) is 13.9 Å². The number of rotatable bonds is 7. The van der Waals surface area contributed by atoms with E-state index in [0.29, 0.717) is 17.0 Å². The van der Waals surface area contributed by atoms with Crippen LogP contribution in [0.3, 0.4) is 0 Å². The summed E-state index contributed by atoms with van der Waals surface area (Å²) >= 11 is 2.70. The highest BCUT2D eigenvalue weighted by atomic mass is 32.2. The van der Waals surface area contributed by atoms with Crippen LogP contribution in [0, 0.1) is 0 Å². The Kier molecular flexibility index (Phi) is 7.60. The zero-order valence-corrected chi connectivity index (χ0v) is 21.5. The second-order valence-corrected chi connectivity index (χ2v) is 12.5. The molecule has 3 aromatic rings. The molecular weight excluding hydrogens is 508 g/mol. The van der Waals surface area contributed by atoms with Crippen LogP contribution in [0.1, 0.15) is 35.0 Å². The number of thiophene rings is 2. The van der Waals surface area contributed by atoms with Gasteiger partial charge in [0.15, 0.2) is 9.84 Å². The van der Waals surface area contributed by atoms with Crippen molar-refractivity contribution in [2.24, 2.45) is 0 Å². The summed E-state index contributed by atoms with van der Waals surface area (Å²) in [6.07, 6.45) is -0.391. The van der Waals surface area contributed by atoms with Crippen LogP contribution in [-0.4, -0.2) is 55.8 Å². The molecule has 3 heterocycles. The number of hydrogen-bond acceptors (Lipinski definition) is 8.